The van der Waals surface area contributed by atoms with E-state index in [4.69, 9.17) is 17.3 Å². The molecule has 0 radical (unpaired) electrons. The molecule has 8 heteroatoms. The molecule has 0 aromatic carbocycles. The molecule has 0 aliphatic heterocycles. The topological polar surface area (TPSA) is 71.2 Å². The number of rotatable bonds is 4. The van der Waals surface area contributed by atoms with Crippen molar-refractivity contribution in [2.45, 2.75) is 31.0 Å². The Morgan fingerprint density at radius 2 is 2.31 bits per heavy atom. The average Bonchev–Trinajstić information content (AvgIpc) is 3.24. The van der Waals surface area contributed by atoms with Gasteiger partial charge in [0.1, 0.15) is 5.15 Å². The molecule has 3 atom stereocenters. The molecule has 0 fully saturated rings. The lowest BCUT2D eigenvalue weighted by Gasteiger charge is -2.28. The lowest BCUT2D eigenvalue weighted by molar-refractivity contribution is 0.170. The normalized spacial score (nSPS) is 22.8. The number of hydrogen-bond donors (Lipinski definition) is 3. The summed E-state index contributed by atoms with van der Waals surface area (Å²) in [5.41, 5.74) is 8.06. The smallest absolute Gasteiger partial charge is 0.131 e. The summed E-state index contributed by atoms with van der Waals surface area (Å²) in [6.45, 7) is 0.738. The first-order valence-corrected chi connectivity index (χ1v) is 11.1. The van der Waals surface area contributed by atoms with Crippen LogP contribution in [0.2, 0.25) is 5.15 Å². The van der Waals surface area contributed by atoms with Crippen LogP contribution in [0.15, 0.2) is 40.2 Å². The predicted octanol–water partition coefficient (Wildman–Crippen LogP) is 5.12. The molecule has 3 aromatic rings. The van der Waals surface area contributed by atoms with Crippen LogP contribution in [0, 0.1) is 0 Å². The number of nitrogens with two attached hydrogens (primary N) is 1. The molecule has 0 bridgehead atoms. The van der Waals surface area contributed by atoms with Crippen molar-refractivity contribution < 1.29 is 5.11 Å². The first-order valence-electron chi connectivity index (χ1n) is 8.19. The number of aromatic nitrogens is 1. The first-order chi connectivity index (χ1) is 12.5. The highest BCUT2D eigenvalue weighted by molar-refractivity contribution is 9.10. The summed E-state index contributed by atoms with van der Waals surface area (Å²) in [6.07, 6.45) is 3.94. The summed E-state index contributed by atoms with van der Waals surface area (Å²) < 4.78 is 1.96. The molecule has 4 rings (SSSR count). The van der Waals surface area contributed by atoms with E-state index < -0.39 is 6.10 Å². The van der Waals surface area contributed by atoms with Gasteiger partial charge < -0.3 is 16.2 Å². The maximum atomic E-state index is 10.1. The molecule has 4 N–H and O–H groups in total. The zero-order valence-corrected chi connectivity index (χ0v) is 17.6. The summed E-state index contributed by atoms with van der Waals surface area (Å²) in [7, 11) is 0. The number of aliphatic hydroxyl groups is 1. The van der Waals surface area contributed by atoms with E-state index in [9.17, 15) is 5.11 Å². The maximum absolute atomic E-state index is 10.1. The zero-order chi connectivity index (χ0) is 18.3. The quantitative estimate of drug-likeness (QED) is 0.366. The van der Waals surface area contributed by atoms with Crippen molar-refractivity contribution in [1.82, 2.24) is 4.98 Å². The van der Waals surface area contributed by atoms with E-state index in [1.807, 2.05) is 18.2 Å². The molecule has 3 heterocycles. The van der Waals surface area contributed by atoms with Crippen LogP contribution in [0.3, 0.4) is 0 Å². The lowest BCUT2D eigenvalue weighted by Crippen LogP contribution is -2.40. The van der Waals surface area contributed by atoms with E-state index in [2.05, 4.69) is 37.7 Å². The molecular formula is C18H17BrClN3OS2. The fourth-order valence-electron chi connectivity index (χ4n) is 3.16. The van der Waals surface area contributed by atoms with Gasteiger partial charge in [0.05, 0.1) is 26.5 Å². The fourth-order valence-corrected chi connectivity index (χ4v) is 6.25. The molecule has 3 aromatic heterocycles. The van der Waals surface area contributed by atoms with Crippen molar-refractivity contribution in [2.24, 2.45) is 5.73 Å². The number of fused-ring (bicyclic) bond motifs is 1. The molecule has 0 saturated carbocycles. The molecule has 4 nitrogen and oxygen atoms in total. The number of aliphatic hydroxyl groups excluding tert-OH is 1. The van der Waals surface area contributed by atoms with Crippen LogP contribution in [-0.4, -0.2) is 22.2 Å². The fraction of sp³-hybridized carbons (Fsp3) is 0.278. The van der Waals surface area contributed by atoms with Gasteiger partial charge in [-0.15, -0.1) is 22.7 Å². The summed E-state index contributed by atoms with van der Waals surface area (Å²) in [6, 6.07) is 5.67. The van der Waals surface area contributed by atoms with Gasteiger partial charge >= 0.3 is 0 Å². The standard InChI is InChI=1S/C18H17BrClN3OS2/c19-14-16-18(26-17(14)10-4-1-5-12(24)15(10)21)11(7-13(20)23-16)22-8-9-3-2-6-25-9/h1-3,5-7,10,12,15,24H,4,8,21H2,(H,22,23)/t10-,12+,15+/m1/s1. The third kappa shape index (κ3) is 3.44. The Kier molecular flexibility index (Phi) is 5.36. The number of hydrogen-bond acceptors (Lipinski definition) is 6. The summed E-state index contributed by atoms with van der Waals surface area (Å²) in [5.74, 6) is 0.0486. The molecule has 136 valence electrons. The second-order valence-corrected chi connectivity index (χ2v) is 9.49. The van der Waals surface area contributed by atoms with Crippen LogP contribution in [0.25, 0.3) is 10.2 Å². The van der Waals surface area contributed by atoms with Gasteiger partial charge in [0, 0.05) is 34.3 Å². The minimum absolute atomic E-state index is 0.0486. The second kappa shape index (κ2) is 7.58. The van der Waals surface area contributed by atoms with Crippen LogP contribution < -0.4 is 11.1 Å². The largest absolute Gasteiger partial charge is 0.387 e. The minimum atomic E-state index is -0.626. The van der Waals surface area contributed by atoms with Gasteiger partial charge in [0.15, 0.2) is 0 Å². The van der Waals surface area contributed by atoms with Crippen LogP contribution in [0.1, 0.15) is 22.1 Å². The van der Waals surface area contributed by atoms with Gasteiger partial charge in [-0.2, -0.15) is 0 Å². The van der Waals surface area contributed by atoms with Crippen LogP contribution >= 0.6 is 50.2 Å². The predicted molar refractivity (Wildman–Crippen MR) is 114 cm³/mol. The molecule has 0 amide bonds. The van der Waals surface area contributed by atoms with Crippen LogP contribution in [0.5, 0.6) is 0 Å². The second-order valence-electron chi connectivity index (χ2n) is 6.22. The van der Waals surface area contributed by atoms with Gasteiger partial charge in [0.25, 0.3) is 0 Å². The molecule has 26 heavy (non-hydrogen) atoms. The third-order valence-corrected chi connectivity index (χ3v) is 8.01. The van der Waals surface area contributed by atoms with Crippen molar-refractivity contribution in [3.63, 3.8) is 0 Å². The maximum Gasteiger partial charge on any atom is 0.131 e. The number of anilines is 1. The summed E-state index contributed by atoms with van der Waals surface area (Å²) in [4.78, 5) is 6.87. The van der Waals surface area contributed by atoms with E-state index >= 15 is 0 Å². The van der Waals surface area contributed by atoms with Gasteiger partial charge in [0.2, 0.25) is 0 Å². The van der Waals surface area contributed by atoms with Crippen molar-refractivity contribution in [3.05, 3.63) is 55.1 Å². The summed E-state index contributed by atoms with van der Waals surface area (Å²) >= 11 is 13.3. The van der Waals surface area contributed by atoms with Crippen LogP contribution in [-0.2, 0) is 6.54 Å². The highest BCUT2D eigenvalue weighted by Crippen LogP contribution is 2.45. The van der Waals surface area contributed by atoms with Gasteiger partial charge in [-0.25, -0.2) is 4.98 Å². The highest BCUT2D eigenvalue weighted by Gasteiger charge is 2.31. The van der Waals surface area contributed by atoms with E-state index in [0.29, 0.717) is 5.15 Å². The van der Waals surface area contributed by atoms with Crippen molar-refractivity contribution in [1.29, 1.82) is 0 Å². The average molecular weight is 471 g/mol. The van der Waals surface area contributed by atoms with E-state index in [0.717, 1.165) is 38.2 Å². The Morgan fingerprint density at radius 3 is 3.08 bits per heavy atom. The number of halogens is 2. The Hall–Kier alpha value is -0.960. The van der Waals surface area contributed by atoms with Crippen LogP contribution in [0.4, 0.5) is 5.69 Å². The minimum Gasteiger partial charge on any atom is -0.387 e. The zero-order valence-electron chi connectivity index (χ0n) is 13.7. The van der Waals surface area contributed by atoms with Gasteiger partial charge in [-0.1, -0.05) is 29.8 Å². The lowest BCUT2D eigenvalue weighted by atomic mass is 9.86. The summed E-state index contributed by atoms with van der Waals surface area (Å²) in [5, 5.41) is 16.1. The van der Waals surface area contributed by atoms with Gasteiger partial charge in [-0.05, 0) is 33.8 Å². The van der Waals surface area contributed by atoms with E-state index in [1.165, 1.54) is 4.88 Å². The Morgan fingerprint density at radius 1 is 1.46 bits per heavy atom. The Labute approximate surface area is 172 Å². The third-order valence-electron chi connectivity index (χ3n) is 4.53. The Balaban J connectivity index is 1.73. The molecule has 0 spiro atoms. The Bertz CT molecular complexity index is 957. The molecular weight excluding hydrogens is 454 g/mol. The number of nitrogens with zero attached hydrogens (tertiary/aromatic N) is 1. The molecule has 1 aliphatic rings. The van der Waals surface area contributed by atoms with Crippen molar-refractivity contribution in [2.75, 3.05) is 5.32 Å². The monoisotopic (exact) mass is 469 g/mol. The number of pyridine rings is 1. The van der Waals surface area contributed by atoms with Gasteiger partial charge in [-0.3, -0.25) is 0 Å². The first kappa shape index (κ1) is 18.4. The molecule has 0 saturated heterocycles. The number of nitrogens with one attached hydrogen (secondary N) is 1. The van der Waals surface area contributed by atoms with Crippen molar-refractivity contribution >= 4 is 66.1 Å². The van der Waals surface area contributed by atoms with E-state index in [1.54, 1.807) is 28.7 Å². The SMILES string of the molecule is N[C@@H]1[C@@H](O)C=CC[C@H]1c1sc2c(NCc3cccs3)cc(Cl)nc2c1Br. The molecule has 0 unspecified atom stereocenters. The van der Waals surface area contributed by atoms with E-state index in [-0.39, 0.29) is 12.0 Å². The number of thiophene rings is 2. The number of allylic oxidation sites excluding steroid dienone is 1. The van der Waals surface area contributed by atoms with Crippen molar-refractivity contribution in [3.8, 4) is 0 Å². The highest BCUT2D eigenvalue weighted by atomic mass is 79.9. The molecule has 1 aliphatic carbocycles.